The molecule has 0 radical (unpaired) electrons. The van der Waals surface area contributed by atoms with Gasteiger partial charge in [0.1, 0.15) is 0 Å². The highest BCUT2D eigenvalue weighted by molar-refractivity contribution is 5.43. The lowest BCUT2D eigenvalue weighted by molar-refractivity contribution is -0.0991. The van der Waals surface area contributed by atoms with Gasteiger partial charge in [-0.3, -0.25) is 0 Å². The second-order valence-electron chi connectivity index (χ2n) is 6.06. The van der Waals surface area contributed by atoms with Crippen LogP contribution in [0.25, 0.3) is 0 Å². The van der Waals surface area contributed by atoms with Gasteiger partial charge in [0.2, 0.25) is 0 Å². The Morgan fingerprint density at radius 1 is 1.30 bits per heavy atom. The average Bonchev–Trinajstić information content (AvgIpc) is 2.37. The second kappa shape index (κ2) is 6.46. The molecule has 0 amide bonds. The Labute approximate surface area is 121 Å². The van der Waals surface area contributed by atoms with Gasteiger partial charge in [-0.25, -0.2) is 0 Å². The fourth-order valence-electron chi connectivity index (χ4n) is 2.23. The zero-order valence-electron chi connectivity index (χ0n) is 12.9. The average molecular weight is 279 g/mol. The summed E-state index contributed by atoms with van der Waals surface area (Å²) in [4.78, 5) is 0. The Balaban J connectivity index is 1.91. The molecule has 4 heteroatoms. The van der Waals surface area contributed by atoms with E-state index in [1.807, 2.05) is 26.0 Å². The van der Waals surface area contributed by atoms with E-state index in [1.54, 1.807) is 7.11 Å². The molecule has 1 aliphatic heterocycles. The molecule has 0 aliphatic carbocycles. The smallest absolute Gasteiger partial charge is 0.161 e. The van der Waals surface area contributed by atoms with Gasteiger partial charge in [-0.1, -0.05) is 13.0 Å². The van der Waals surface area contributed by atoms with Crippen LogP contribution in [0.2, 0.25) is 0 Å². The fourth-order valence-corrected chi connectivity index (χ4v) is 2.23. The third-order valence-corrected chi connectivity index (χ3v) is 3.37. The summed E-state index contributed by atoms with van der Waals surface area (Å²) in [5, 5.41) is 3.48. The zero-order valence-corrected chi connectivity index (χ0v) is 12.9. The Morgan fingerprint density at radius 3 is 2.60 bits per heavy atom. The summed E-state index contributed by atoms with van der Waals surface area (Å²) in [6, 6.07) is 6.08. The van der Waals surface area contributed by atoms with Crippen LogP contribution in [0.4, 0.5) is 0 Å². The van der Waals surface area contributed by atoms with Crippen molar-refractivity contribution in [3.05, 3.63) is 23.8 Å². The summed E-state index contributed by atoms with van der Waals surface area (Å²) in [5.74, 6) is 1.58. The largest absolute Gasteiger partial charge is 0.493 e. The minimum absolute atomic E-state index is 0.145. The summed E-state index contributed by atoms with van der Waals surface area (Å²) >= 11 is 0. The number of ether oxygens (including phenoxy) is 3. The summed E-state index contributed by atoms with van der Waals surface area (Å²) in [6.07, 6.45) is 0.145. The first-order valence-electron chi connectivity index (χ1n) is 7.14. The van der Waals surface area contributed by atoms with Gasteiger partial charge in [0.15, 0.2) is 11.5 Å². The van der Waals surface area contributed by atoms with Crippen LogP contribution in [-0.4, -0.2) is 33.0 Å². The van der Waals surface area contributed by atoms with Gasteiger partial charge < -0.3 is 19.5 Å². The van der Waals surface area contributed by atoms with Crippen LogP contribution in [-0.2, 0) is 11.3 Å². The molecule has 1 N–H and O–H groups in total. The van der Waals surface area contributed by atoms with Crippen molar-refractivity contribution in [3.8, 4) is 11.5 Å². The van der Waals surface area contributed by atoms with Crippen molar-refractivity contribution in [2.75, 3.05) is 26.9 Å². The van der Waals surface area contributed by atoms with E-state index in [4.69, 9.17) is 14.2 Å². The van der Waals surface area contributed by atoms with Crippen LogP contribution in [0.15, 0.2) is 18.2 Å². The highest BCUT2D eigenvalue weighted by atomic mass is 16.5. The number of hydrogen-bond acceptors (Lipinski definition) is 4. The maximum atomic E-state index is 5.71. The highest BCUT2D eigenvalue weighted by Gasteiger charge is 2.32. The van der Waals surface area contributed by atoms with E-state index in [0.717, 1.165) is 37.8 Å². The number of methoxy groups -OCH3 is 1. The number of nitrogens with one attached hydrogen (secondary N) is 1. The Bertz CT molecular complexity index is 441. The molecule has 0 bridgehead atoms. The first-order valence-corrected chi connectivity index (χ1v) is 7.14. The first-order chi connectivity index (χ1) is 9.52. The molecule has 1 aliphatic rings. The van der Waals surface area contributed by atoms with Crippen LogP contribution in [0.5, 0.6) is 11.5 Å². The monoisotopic (exact) mass is 279 g/mol. The van der Waals surface area contributed by atoms with Crippen LogP contribution < -0.4 is 14.8 Å². The van der Waals surface area contributed by atoms with Crippen LogP contribution in [0, 0.1) is 5.41 Å². The lowest BCUT2D eigenvalue weighted by Gasteiger charge is -2.38. The summed E-state index contributed by atoms with van der Waals surface area (Å²) in [7, 11) is 1.67. The third kappa shape index (κ3) is 3.87. The Hall–Kier alpha value is -1.26. The van der Waals surface area contributed by atoms with Crippen molar-refractivity contribution in [1.29, 1.82) is 0 Å². The van der Waals surface area contributed by atoms with Gasteiger partial charge in [0.05, 0.1) is 26.4 Å². The van der Waals surface area contributed by atoms with E-state index in [0.29, 0.717) is 5.41 Å². The van der Waals surface area contributed by atoms with Gasteiger partial charge >= 0.3 is 0 Å². The molecule has 4 nitrogen and oxygen atoms in total. The normalized spacial score (nSPS) is 16.9. The molecule has 1 aromatic rings. The Kier molecular flexibility index (Phi) is 4.89. The van der Waals surface area contributed by atoms with E-state index in [9.17, 15) is 0 Å². The number of benzene rings is 1. The van der Waals surface area contributed by atoms with Crippen LogP contribution in [0.1, 0.15) is 26.3 Å². The van der Waals surface area contributed by atoms with Crippen molar-refractivity contribution in [3.63, 3.8) is 0 Å². The predicted molar refractivity (Wildman–Crippen MR) is 79.4 cm³/mol. The molecule has 0 atom stereocenters. The van der Waals surface area contributed by atoms with Crippen LogP contribution >= 0.6 is 0 Å². The van der Waals surface area contributed by atoms with Gasteiger partial charge in [-0.15, -0.1) is 0 Å². The lowest BCUT2D eigenvalue weighted by atomic mass is 9.89. The van der Waals surface area contributed by atoms with Crippen molar-refractivity contribution < 1.29 is 14.2 Å². The van der Waals surface area contributed by atoms with E-state index in [-0.39, 0.29) is 6.10 Å². The number of rotatable bonds is 7. The highest BCUT2D eigenvalue weighted by Crippen LogP contribution is 2.29. The molecule has 1 saturated heterocycles. The minimum atomic E-state index is 0.145. The number of hydrogen-bond donors (Lipinski definition) is 1. The van der Waals surface area contributed by atoms with E-state index >= 15 is 0 Å². The molecule has 0 spiro atoms. The summed E-state index contributed by atoms with van der Waals surface area (Å²) < 4.78 is 16.4. The van der Waals surface area contributed by atoms with Gasteiger partial charge in [-0.2, -0.15) is 0 Å². The van der Waals surface area contributed by atoms with E-state index in [1.165, 1.54) is 5.56 Å². The molecule has 0 aromatic heterocycles. The zero-order chi connectivity index (χ0) is 14.6. The maximum Gasteiger partial charge on any atom is 0.161 e. The second-order valence-corrected chi connectivity index (χ2v) is 6.06. The van der Waals surface area contributed by atoms with Crippen molar-refractivity contribution in [2.24, 2.45) is 5.41 Å². The van der Waals surface area contributed by atoms with E-state index in [2.05, 4.69) is 18.3 Å². The summed E-state index contributed by atoms with van der Waals surface area (Å²) in [6.45, 7) is 9.76. The fraction of sp³-hybridized carbons (Fsp3) is 0.625. The van der Waals surface area contributed by atoms with Crippen molar-refractivity contribution >= 4 is 0 Å². The molecular weight excluding hydrogens is 254 g/mol. The molecule has 1 heterocycles. The molecule has 0 saturated carbocycles. The van der Waals surface area contributed by atoms with Crippen molar-refractivity contribution in [2.45, 2.75) is 33.4 Å². The Morgan fingerprint density at radius 2 is 2.05 bits per heavy atom. The molecular formula is C16H25NO3. The third-order valence-electron chi connectivity index (χ3n) is 3.37. The molecule has 20 heavy (non-hydrogen) atoms. The van der Waals surface area contributed by atoms with Crippen LogP contribution in [0.3, 0.4) is 0 Å². The minimum Gasteiger partial charge on any atom is -0.493 e. The standard InChI is InChI=1S/C16H25NO3/c1-12(2)20-14-6-5-13(7-15(14)18-4)8-17-9-16(3)10-19-11-16/h5-7,12,17H,8-11H2,1-4H3. The quantitative estimate of drug-likeness (QED) is 0.833. The van der Waals surface area contributed by atoms with Gasteiger partial charge in [0, 0.05) is 18.5 Å². The molecule has 0 unspecified atom stereocenters. The topological polar surface area (TPSA) is 39.7 Å². The molecule has 112 valence electrons. The van der Waals surface area contributed by atoms with Gasteiger partial charge in [-0.05, 0) is 31.5 Å². The summed E-state index contributed by atoms with van der Waals surface area (Å²) in [5.41, 5.74) is 1.49. The van der Waals surface area contributed by atoms with Gasteiger partial charge in [0.25, 0.3) is 0 Å². The van der Waals surface area contributed by atoms with E-state index < -0.39 is 0 Å². The van der Waals surface area contributed by atoms with Crippen molar-refractivity contribution in [1.82, 2.24) is 5.32 Å². The first kappa shape index (κ1) is 15.1. The molecule has 1 fully saturated rings. The predicted octanol–water partition coefficient (Wildman–Crippen LogP) is 2.61. The maximum absolute atomic E-state index is 5.71. The molecule has 2 rings (SSSR count). The lowest BCUT2D eigenvalue weighted by Crippen LogP contribution is -2.47. The molecule has 1 aromatic carbocycles. The SMILES string of the molecule is COc1cc(CNCC2(C)COC2)ccc1OC(C)C.